The van der Waals surface area contributed by atoms with Gasteiger partial charge in [0.05, 0.1) is 27.3 Å². The van der Waals surface area contributed by atoms with Gasteiger partial charge in [0.15, 0.2) is 0 Å². The molecule has 1 saturated heterocycles. The number of hydrogen-bond donors (Lipinski definition) is 0. The molecule has 8 nitrogen and oxygen atoms in total. The summed E-state index contributed by atoms with van der Waals surface area (Å²) in [5.74, 6) is 2.20. The Hall–Kier alpha value is -3.10. The van der Waals surface area contributed by atoms with E-state index in [9.17, 15) is 9.59 Å². The van der Waals surface area contributed by atoms with E-state index >= 15 is 0 Å². The van der Waals surface area contributed by atoms with Gasteiger partial charge in [-0.2, -0.15) is 0 Å². The molecule has 0 radical (unpaired) electrons. The fourth-order valence-electron chi connectivity index (χ4n) is 7.35. The lowest BCUT2D eigenvalue weighted by Gasteiger charge is -2.34. The van der Waals surface area contributed by atoms with Crippen LogP contribution in [0.2, 0.25) is 0 Å². The van der Waals surface area contributed by atoms with Crippen molar-refractivity contribution >= 4 is 11.8 Å². The van der Waals surface area contributed by atoms with Gasteiger partial charge in [-0.1, -0.05) is 127 Å². The van der Waals surface area contributed by atoms with E-state index < -0.39 is 0 Å². The van der Waals surface area contributed by atoms with Crippen LogP contribution in [-0.2, 0) is 22.7 Å². The maximum Gasteiger partial charge on any atom is 0.242 e. The average molecular weight is 721 g/mol. The first kappa shape index (κ1) is 43.3. The molecule has 1 aliphatic rings. The number of rotatable bonds is 30. The predicted octanol–water partition coefficient (Wildman–Crippen LogP) is 8.96. The summed E-state index contributed by atoms with van der Waals surface area (Å²) in [6.45, 7) is 12.7. The number of carbonyl (C=O) groups is 2. The molecule has 0 aliphatic carbocycles. The van der Waals surface area contributed by atoms with E-state index in [2.05, 4.69) is 47.9 Å². The van der Waals surface area contributed by atoms with E-state index in [0.29, 0.717) is 0 Å². The third-order valence-corrected chi connectivity index (χ3v) is 10.7. The molecule has 0 atom stereocenters. The number of ether oxygens (including phenoxy) is 2. The van der Waals surface area contributed by atoms with Crippen molar-refractivity contribution in [1.82, 2.24) is 19.6 Å². The van der Waals surface area contributed by atoms with Gasteiger partial charge in [0.2, 0.25) is 11.8 Å². The van der Waals surface area contributed by atoms with Gasteiger partial charge in [-0.05, 0) is 64.0 Å². The average Bonchev–Trinajstić information content (AvgIpc) is 3.17. The molecule has 1 aliphatic heterocycles. The van der Waals surface area contributed by atoms with Gasteiger partial charge in [0.1, 0.15) is 11.5 Å². The number of methoxy groups -OCH3 is 2. The molecule has 0 spiro atoms. The van der Waals surface area contributed by atoms with Gasteiger partial charge >= 0.3 is 0 Å². The zero-order valence-electron chi connectivity index (χ0n) is 33.4. The Morgan fingerprint density at radius 1 is 0.500 bits per heavy atom. The first-order valence-corrected chi connectivity index (χ1v) is 20.7. The summed E-state index contributed by atoms with van der Waals surface area (Å²) in [6, 6.07) is 16.6. The van der Waals surface area contributed by atoms with E-state index in [1.807, 2.05) is 24.3 Å². The highest BCUT2D eigenvalue weighted by molar-refractivity contribution is 5.92. The van der Waals surface area contributed by atoms with Crippen molar-refractivity contribution in [3.05, 3.63) is 59.7 Å². The monoisotopic (exact) mass is 721 g/mol. The first-order chi connectivity index (χ1) is 25.5. The second-order valence-electron chi connectivity index (χ2n) is 14.6. The van der Waals surface area contributed by atoms with Crippen molar-refractivity contribution in [2.24, 2.45) is 0 Å². The number of benzene rings is 2. The fourth-order valence-corrected chi connectivity index (χ4v) is 7.35. The molecular formula is C44H72N4O4. The molecule has 1 fully saturated rings. The molecule has 0 bridgehead atoms. The molecular weight excluding hydrogens is 649 g/mol. The highest BCUT2D eigenvalue weighted by Crippen LogP contribution is 2.21. The molecule has 2 aromatic carbocycles. The quantitative estimate of drug-likeness (QED) is 0.0752. The number of piperazine rings is 1. The Kier molecular flexibility index (Phi) is 22.2. The minimum atomic E-state index is 0.121. The standard InChI is InChI=1S/C44H72N4O4/c1-5-45(35-39-27-19-21-29-41(39)51-3)31-23-15-11-7-9-13-17-25-33-47-37-44(50)48(38-43(47)49)34-26-18-14-10-8-12-16-24-32-46(6-2)36-40-28-20-22-30-42(40)52-4/h19-22,27-30H,5-18,23-26,31-38H2,1-4H3. The van der Waals surface area contributed by atoms with E-state index in [4.69, 9.17) is 9.47 Å². The number of amides is 2. The number of hydrogen-bond acceptors (Lipinski definition) is 6. The molecule has 3 rings (SSSR count). The summed E-state index contributed by atoms with van der Waals surface area (Å²) >= 11 is 0. The second-order valence-corrected chi connectivity index (χ2v) is 14.6. The van der Waals surface area contributed by atoms with Crippen molar-refractivity contribution in [3.63, 3.8) is 0 Å². The van der Waals surface area contributed by atoms with Gasteiger partial charge in [-0.25, -0.2) is 0 Å². The molecule has 52 heavy (non-hydrogen) atoms. The van der Waals surface area contributed by atoms with Crippen LogP contribution < -0.4 is 9.47 Å². The summed E-state index contributed by atoms with van der Waals surface area (Å²) < 4.78 is 11.0. The molecule has 0 aromatic heterocycles. The minimum absolute atomic E-state index is 0.121. The molecule has 292 valence electrons. The lowest BCUT2D eigenvalue weighted by molar-refractivity contribution is -0.150. The zero-order chi connectivity index (χ0) is 37.2. The van der Waals surface area contributed by atoms with Crippen LogP contribution in [0.5, 0.6) is 11.5 Å². The van der Waals surface area contributed by atoms with E-state index in [1.165, 1.54) is 88.2 Å². The summed E-state index contributed by atoms with van der Waals surface area (Å²) in [4.78, 5) is 34.1. The van der Waals surface area contributed by atoms with Crippen molar-refractivity contribution in [2.45, 2.75) is 130 Å². The van der Waals surface area contributed by atoms with Gasteiger partial charge in [0, 0.05) is 37.3 Å². The van der Waals surface area contributed by atoms with E-state index in [0.717, 1.165) is 89.5 Å². The Bertz CT molecular complexity index is 1160. The van der Waals surface area contributed by atoms with Crippen molar-refractivity contribution < 1.29 is 19.1 Å². The van der Waals surface area contributed by atoms with Crippen molar-refractivity contribution in [3.8, 4) is 11.5 Å². The molecule has 0 N–H and O–H groups in total. The summed E-state index contributed by atoms with van der Waals surface area (Å²) in [5, 5.41) is 0. The highest BCUT2D eigenvalue weighted by Gasteiger charge is 2.28. The Balaban J connectivity index is 1.12. The third kappa shape index (κ3) is 16.7. The van der Waals surface area contributed by atoms with Crippen LogP contribution in [0.15, 0.2) is 48.5 Å². The van der Waals surface area contributed by atoms with Crippen molar-refractivity contribution in [2.75, 3.05) is 66.6 Å². The number of nitrogens with zero attached hydrogens (tertiary/aromatic N) is 4. The van der Waals surface area contributed by atoms with Crippen LogP contribution >= 0.6 is 0 Å². The zero-order valence-corrected chi connectivity index (χ0v) is 33.4. The smallest absolute Gasteiger partial charge is 0.242 e. The lowest BCUT2D eigenvalue weighted by atomic mass is 10.1. The normalized spacial score (nSPS) is 13.5. The Labute approximate surface area is 317 Å². The van der Waals surface area contributed by atoms with E-state index in [1.54, 1.807) is 24.0 Å². The topological polar surface area (TPSA) is 65.6 Å². The van der Waals surface area contributed by atoms with Gasteiger partial charge < -0.3 is 19.3 Å². The maximum absolute atomic E-state index is 12.8. The van der Waals surface area contributed by atoms with Gasteiger partial charge in [-0.15, -0.1) is 0 Å². The maximum atomic E-state index is 12.8. The number of para-hydroxylation sites is 2. The van der Waals surface area contributed by atoms with E-state index in [-0.39, 0.29) is 24.9 Å². The Morgan fingerprint density at radius 2 is 0.827 bits per heavy atom. The highest BCUT2D eigenvalue weighted by atomic mass is 16.5. The van der Waals surface area contributed by atoms with Gasteiger partial charge in [0.25, 0.3) is 0 Å². The minimum Gasteiger partial charge on any atom is -0.496 e. The fraction of sp³-hybridized carbons (Fsp3) is 0.682. The SMILES string of the molecule is CCN(CCCCCCCCCCN1CC(=O)N(CCCCCCCCCCN(CC)Cc2ccccc2OC)CC1=O)Cc1ccccc1OC. The molecule has 0 unspecified atom stereocenters. The summed E-state index contributed by atoms with van der Waals surface area (Å²) in [6.07, 6.45) is 19.3. The molecule has 0 saturated carbocycles. The van der Waals surface area contributed by atoms with Crippen LogP contribution in [0.4, 0.5) is 0 Å². The number of unbranched alkanes of at least 4 members (excludes halogenated alkanes) is 14. The molecule has 1 heterocycles. The Morgan fingerprint density at radius 3 is 1.17 bits per heavy atom. The van der Waals surface area contributed by atoms with Gasteiger partial charge in [-0.3, -0.25) is 19.4 Å². The molecule has 2 amide bonds. The largest absolute Gasteiger partial charge is 0.496 e. The van der Waals surface area contributed by atoms with Crippen LogP contribution in [-0.4, -0.2) is 98.0 Å². The second kappa shape index (κ2) is 26.6. The molecule has 2 aromatic rings. The van der Waals surface area contributed by atoms with Crippen LogP contribution in [0.3, 0.4) is 0 Å². The number of carbonyl (C=O) groups excluding carboxylic acids is 2. The lowest BCUT2D eigenvalue weighted by Crippen LogP contribution is -2.54. The van der Waals surface area contributed by atoms with Crippen molar-refractivity contribution in [1.29, 1.82) is 0 Å². The van der Waals surface area contributed by atoms with Crippen LogP contribution in [0, 0.1) is 0 Å². The van der Waals surface area contributed by atoms with Crippen LogP contribution in [0.1, 0.15) is 128 Å². The third-order valence-electron chi connectivity index (χ3n) is 10.7. The summed E-state index contributed by atoms with van der Waals surface area (Å²) in [7, 11) is 3.49. The molecule has 8 heteroatoms. The van der Waals surface area contributed by atoms with Crippen LogP contribution in [0.25, 0.3) is 0 Å². The summed E-state index contributed by atoms with van der Waals surface area (Å²) in [5.41, 5.74) is 2.52. The first-order valence-electron chi connectivity index (χ1n) is 20.7. The predicted molar refractivity (Wildman–Crippen MR) is 215 cm³/mol.